The van der Waals surface area contributed by atoms with Crippen molar-refractivity contribution in [2.45, 2.75) is 25.7 Å². The molecule has 0 bridgehead atoms. The van der Waals surface area contributed by atoms with Gasteiger partial charge in [-0.2, -0.15) is 0 Å². The number of amides is 2. The molecule has 4 rings (SSSR count). The van der Waals surface area contributed by atoms with Crippen LogP contribution >= 0.6 is 22.9 Å². The number of carbonyl (C=O) groups excluding carboxylic acids is 2. The maximum absolute atomic E-state index is 12.5. The topological polar surface area (TPSA) is 75.2 Å². The summed E-state index contributed by atoms with van der Waals surface area (Å²) < 4.78 is 0. The number of halogens is 1. The zero-order valence-corrected chi connectivity index (χ0v) is 17.3. The van der Waals surface area contributed by atoms with Gasteiger partial charge in [-0.1, -0.05) is 53.3 Å². The van der Waals surface area contributed by atoms with Crippen molar-refractivity contribution in [1.29, 1.82) is 0 Å². The Balaban J connectivity index is 1.40. The minimum absolute atomic E-state index is 0.0264. The molecule has 29 heavy (non-hydrogen) atoms. The monoisotopic (exact) mass is 426 g/mol. The Morgan fingerprint density at radius 1 is 1.21 bits per heavy atom. The molecular formula is C21H19ClN4O2S. The number of nitrogens with zero attached hydrogens (tertiary/aromatic N) is 3. The molecule has 2 heterocycles. The molecular weight excluding hydrogens is 408 g/mol. The number of carbonyl (C=O) groups is 2. The van der Waals surface area contributed by atoms with Crippen molar-refractivity contribution in [3.8, 4) is 0 Å². The highest BCUT2D eigenvalue weighted by molar-refractivity contribution is 7.15. The number of anilines is 2. The average molecular weight is 427 g/mol. The van der Waals surface area contributed by atoms with Crippen LogP contribution in [0.1, 0.15) is 28.5 Å². The molecule has 0 radical (unpaired) electrons. The molecule has 0 spiro atoms. The summed E-state index contributed by atoms with van der Waals surface area (Å²) in [5, 5.41) is 12.9. The first-order valence-corrected chi connectivity index (χ1v) is 10.4. The van der Waals surface area contributed by atoms with E-state index in [1.807, 2.05) is 43.3 Å². The van der Waals surface area contributed by atoms with E-state index in [0.717, 1.165) is 21.8 Å². The van der Waals surface area contributed by atoms with E-state index in [4.69, 9.17) is 11.6 Å². The molecule has 0 aliphatic carbocycles. The van der Waals surface area contributed by atoms with E-state index in [1.54, 1.807) is 17.0 Å². The van der Waals surface area contributed by atoms with Crippen LogP contribution in [0, 0.1) is 6.92 Å². The zero-order valence-electron chi connectivity index (χ0n) is 15.8. The van der Waals surface area contributed by atoms with Crippen LogP contribution in [0.3, 0.4) is 0 Å². The number of nitrogens with one attached hydrogen (secondary N) is 1. The summed E-state index contributed by atoms with van der Waals surface area (Å²) in [6.07, 6.45) is 0.622. The Morgan fingerprint density at radius 2 is 1.97 bits per heavy atom. The second-order valence-corrected chi connectivity index (χ2v) is 8.43. The Kier molecular flexibility index (Phi) is 5.60. The highest BCUT2D eigenvalue weighted by Crippen LogP contribution is 2.35. The lowest BCUT2D eigenvalue weighted by atomic mass is 10.1. The van der Waals surface area contributed by atoms with Crippen molar-refractivity contribution in [1.82, 2.24) is 10.2 Å². The van der Waals surface area contributed by atoms with Crippen LogP contribution < -0.4 is 10.2 Å². The van der Waals surface area contributed by atoms with Crippen molar-refractivity contribution in [2.24, 2.45) is 0 Å². The fourth-order valence-corrected chi connectivity index (χ4v) is 4.35. The van der Waals surface area contributed by atoms with Crippen LogP contribution in [-0.2, 0) is 16.0 Å². The molecule has 3 aromatic rings. The van der Waals surface area contributed by atoms with E-state index in [0.29, 0.717) is 23.1 Å². The molecule has 0 unspecified atom stereocenters. The van der Waals surface area contributed by atoms with Gasteiger partial charge in [0.1, 0.15) is 5.01 Å². The normalized spacial score (nSPS) is 16.3. The number of benzene rings is 2. The predicted octanol–water partition coefficient (Wildman–Crippen LogP) is 4.20. The molecule has 1 saturated heterocycles. The van der Waals surface area contributed by atoms with E-state index in [-0.39, 0.29) is 24.2 Å². The minimum Gasteiger partial charge on any atom is -0.311 e. The molecule has 1 N–H and O–H groups in total. The van der Waals surface area contributed by atoms with Gasteiger partial charge in [-0.3, -0.25) is 9.59 Å². The SMILES string of the molecule is Cc1ccccc1N1C[C@H](c2nnc(NC(=O)Cc3ccc(Cl)cc3)s2)CC1=O. The van der Waals surface area contributed by atoms with Crippen molar-refractivity contribution in [2.75, 3.05) is 16.8 Å². The number of aryl methyl sites for hydroxylation is 1. The zero-order chi connectivity index (χ0) is 20.4. The number of rotatable bonds is 5. The highest BCUT2D eigenvalue weighted by Gasteiger charge is 2.34. The van der Waals surface area contributed by atoms with Crippen LogP contribution in [0.4, 0.5) is 10.8 Å². The molecule has 1 aliphatic heterocycles. The molecule has 2 aromatic carbocycles. The van der Waals surface area contributed by atoms with Gasteiger partial charge in [0, 0.05) is 29.6 Å². The molecule has 1 aliphatic rings. The van der Waals surface area contributed by atoms with Crippen LogP contribution in [0.25, 0.3) is 0 Å². The lowest BCUT2D eigenvalue weighted by Gasteiger charge is -2.18. The van der Waals surface area contributed by atoms with E-state index in [2.05, 4.69) is 15.5 Å². The summed E-state index contributed by atoms with van der Waals surface area (Å²) in [5.74, 6) is -0.117. The van der Waals surface area contributed by atoms with Gasteiger partial charge in [-0.05, 0) is 36.2 Å². The maximum atomic E-state index is 12.5. The lowest BCUT2D eigenvalue weighted by Crippen LogP contribution is -2.25. The number of para-hydroxylation sites is 1. The summed E-state index contributed by atoms with van der Waals surface area (Å²) in [6.45, 7) is 2.56. The molecule has 148 valence electrons. The van der Waals surface area contributed by atoms with Crippen LogP contribution in [0.2, 0.25) is 5.02 Å². The van der Waals surface area contributed by atoms with Crippen molar-refractivity contribution >= 4 is 45.6 Å². The van der Waals surface area contributed by atoms with Gasteiger partial charge in [-0.25, -0.2) is 0 Å². The Hall–Kier alpha value is -2.77. The fourth-order valence-electron chi connectivity index (χ4n) is 3.37. The van der Waals surface area contributed by atoms with Gasteiger partial charge in [0.05, 0.1) is 6.42 Å². The molecule has 2 amide bonds. The van der Waals surface area contributed by atoms with Gasteiger partial charge in [-0.15, -0.1) is 10.2 Å². The molecule has 1 atom stereocenters. The third-order valence-electron chi connectivity index (χ3n) is 4.85. The number of hydrogen-bond donors (Lipinski definition) is 1. The van der Waals surface area contributed by atoms with Gasteiger partial charge in [0.15, 0.2) is 0 Å². The summed E-state index contributed by atoms with van der Waals surface area (Å²) in [5.41, 5.74) is 2.86. The third kappa shape index (κ3) is 4.46. The average Bonchev–Trinajstić information content (AvgIpc) is 3.31. The van der Waals surface area contributed by atoms with Gasteiger partial charge in [0.2, 0.25) is 16.9 Å². The molecule has 6 nitrogen and oxygen atoms in total. The van der Waals surface area contributed by atoms with Crippen LogP contribution in [0.15, 0.2) is 48.5 Å². The first-order chi connectivity index (χ1) is 14.0. The Labute approximate surface area is 177 Å². The summed E-state index contributed by atoms with van der Waals surface area (Å²) in [6, 6.07) is 15.0. The van der Waals surface area contributed by atoms with Crippen LogP contribution in [-0.4, -0.2) is 28.6 Å². The fraction of sp³-hybridized carbons (Fsp3) is 0.238. The van der Waals surface area contributed by atoms with Crippen molar-refractivity contribution in [3.63, 3.8) is 0 Å². The predicted molar refractivity (Wildman–Crippen MR) is 115 cm³/mol. The number of aromatic nitrogens is 2. The standard InChI is InChI=1S/C21H19ClN4O2S/c1-13-4-2-3-5-17(13)26-12-15(11-19(26)28)20-24-25-21(29-20)23-18(27)10-14-6-8-16(22)9-7-14/h2-9,15H,10-12H2,1H3,(H,23,25,27)/t15-/m1/s1. The molecule has 0 saturated carbocycles. The highest BCUT2D eigenvalue weighted by atomic mass is 35.5. The van der Waals surface area contributed by atoms with E-state index >= 15 is 0 Å². The van der Waals surface area contributed by atoms with E-state index in [9.17, 15) is 9.59 Å². The van der Waals surface area contributed by atoms with Gasteiger partial charge in [0.25, 0.3) is 0 Å². The second kappa shape index (κ2) is 8.31. The Morgan fingerprint density at radius 3 is 2.72 bits per heavy atom. The van der Waals surface area contributed by atoms with E-state index < -0.39 is 0 Å². The summed E-state index contributed by atoms with van der Waals surface area (Å²) in [4.78, 5) is 26.6. The molecule has 1 fully saturated rings. The lowest BCUT2D eigenvalue weighted by molar-refractivity contribution is -0.117. The van der Waals surface area contributed by atoms with Crippen molar-refractivity contribution in [3.05, 3.63) is 69.7 Å². The second-order valence-electron chi connectivity index (χ2n) is 6.99. The quantitative estimate of drug-likeness (QED) is 0.663. The maximum Gasteiger partial charge on any atom is 0.230 e. The van der Waals surface area contributed by atoms with Gasteiger partial charge < -0.3 is 10.2 Å². The first kappa shape index (κ1) is 19.5. The first-order valence-electron chi connectivity index (χ1n) is 9.23. The molecule has 8 heteroatoms. The smallest absolute Gasteiger partial charge is 0.230 e. The summed E-state index contributed by atoms with van der Waals surface area (Å²) in [7, 11) is 0. The van der Waals surface area contributed by atoms with E-state index in [1.165, 1.54) is 11.3 Å². The van der Waals surface area contributed by atoms with Gasteiger partial charge >= 0.3 is 0 Å². The largest absolute Gasteiger partial charge is 0.311 e. The molecule has 1 aromatic heterocycles. The minimum atomic E-state index is -0.168. The summed E-state index contributed by atoms with van der Waals surface area (Å²) >= 11 is 7.19. The third-order valence-corrected chi connectivity index (χ3v) is 6.10. The van der Waals surface area contributed by atoms with Crippen LogP contribution in [0.5, 0.6) is 0 Å². The van der Waals surface area contributed by atoms with Crippen molar-refractivity contribution < 1.29 is 9.59 Å². The Bertz CT molecular complexity index is 1050. The number of hydrogen-bond acceptors (Lipinski definition) is 5.